The van der Waals surface area contributed by atoms with Gasteiger partial charge in [-0.05, 0) is 17.9 Å². The van der Waals surface area contributed by atoms with E-state index in [1.807, 2.05) is 18.2 Å². The van der Waals surface area contributed by atoms with Crippen LogP contribution in [0.1, 0.15) is 83.3 Å². The molecule has 1 N–H and O–H groups in total. The van der Waals surface area contributed by atoms with E-state index in [1.54, 1.807) is 12.1 Å². The molecule has 0 aromatic heterocycles. The van der Waals surface area contributed by atoms with Crippen molar-refractivity contribution in [3.63, 3.8) is 0 Å². The predicted molar refractivity (Wildman–Crippen MR) is 99.2 cm³/mol. The van der Waals surface area contributed by atoms with Crippen LogP contribution in [0.15, 0.2) is 30.3 Å². The summed E-state index contributed by atoms with van der Waals surface area (Å²) in [4.78, 5) is 11.3. The molecule has 3 nitrogen and oxygen atoms in total. The molecule has 24 heavy (non-hydrogen) atoms. The Labute approximate surface area is 147 Å². The van der Waals surface area contributed by atoms with Crippen LogP contribution in [-0.2, 0) is 9.53 Å². The highest BCUT2D eigenvalue weighted by Gasteiger charge is 2.19. The van der Waals surface area contributed by atoms with E-state index < -0.39 is 12.1 Å². The molecular weight excluding hydrogens is 300 g/mol. The largest absolute Gasteiger partial charge is 0.479 e. The Morgan fingerprint density at radius 1 is 0.917 bits per heavy atom. The zero-order valence-electron chi connectivity index (χ0n) is 15.4. The minimum atomic E-state index is -0.914. The number of hydrogen-bond acceptors (Lipinski definition) is 2. The fourth-order valence-electron chi connectivity index (χ4n) is 2.85. The first-order chi connectivity index (χ1) is 11.6. The molecule has 0 saturated heterocycles. The van der Waals surface area contributed by atoms with Crippen molar-refractivity contribution >= 4 is 5.97 Å². The van der Waals surface area contributed by atoms with Crippen molar-refractivity contribution in [1.82, 2.24) is 0 Å². The molecule has 0 saturated carbocycles. The first-order valence-corrected chi connectivity index (χ1v) is 9.50. The van der Waals surface area contributed by atoms with Crippen molar-refractivity contribution < 1.29 is 14.6 Å². The van der Waals surface area contributed by atoms with Gasteiger partial charge in [0.1, 0.15) is 0 Å². The summed E-state index contributed by atoms with van der Waals surface area (Å²) in [5, 5.41) is 9.28. The number of aliphatic carboxylic acids is 1. The number of hydrogen-bond donors (Lipinski definition) is 1. The molecule has 1 aromatic rings. The minimum absolute atomic E-state index is 0.514. The van der Waals surface area contributed by atoms with Gasteiger partial charge in [-0.2, -0.15) is 0 Å². The smallest absolute Gasteiger partial charge is 0.337 e. The molecule has 1 unspecified atom stereocenters. The number of carbonyl (C=O) groups is 1. The molecule has 1 aromatic carbocycles. The van der Waals surface area contributed by atoms with Gasteiger partial charge in [-0.15, -0.1) is 0 Å². The molecule has 0 spiro atoms. The van der Waals surface area contributed by atoms with Crippen molar-refractivity contribution in [3.05, 3.63) is 35.9 Å². The lowest BCUT2D eigenvalue weighted by Gasteiger charge is -2.13. The lowest BCUT2D eigenvalue weighted by molar-refractivity contribution is -0.151. The summed E-state index contributed by atoms with van der Waals surface area (Å²) in [6.45, 7) is 5.09. The van der Waals surface area contributed by atoms with Gasteiger partial charge in [-0.1, -0.05) is 95.5 Å². The van der Waals surface area contributed by atoms with Gasteiger partial charge >= 0.3 is 5.97 Å². The summed E-state index contributed by atoms with van der Waals surface area (Å²) >= 11 is 0. The third-order valence-electron chi connectivity index (χ3n) is 4.29. The maximum Gasteiger partial charge on any atom is 0.337 e. The second-order valence-electron chi connectivity index (χ2n) is 7.01. The molecule has 0 bridgehead atoms. The highest BCUT2D eigenvalue weighted by Crippen LogP contribution is 2.18. The summed E-state index contributed by atoms with van der Waals surface area (Å²) in [5.41, 5.74) is 0.714. The number of rotatable bonds is 14. The van der Waals surface area contributed by atoms with Gasteiger partial charge in [0.25, 0.3) is 0 Å². The summed E-state index contributed by atoms with van der Waals surface area (Å²) in [7, 11) is 0. The third kappa shape index (κ3) is 9.71. The van der Waals surface area contributed by atoms with E-state index in [-0.39, 0.29) is 0 Å². The molecule has 3 heteroatoms. The molecular formula is C21H34O3. The van der Waals surface area contributed by atoms with Gasteiger partial charge < -0.3 is 9.84 Å². The second-order valence-corrected chi connectivity index (χ2v) is 7.01. The Balaban J connectivity index is 2.02. The Bertz CT molecular complexity index is 428. The van der Waals surface area contributed by atoms with Crippen molar-refractivity contribution in [2.24, 2.45) is 5.92 Å². The van der Waals surface area contributed by atoms with Crippen LogP contribution in [0.4, 0.5) is 0 Å². The lowest BCUT2D eigenvalue weighted by atomic mass is 10.0. The molecule has 0 radical (unpaired) electrons. The Morgan fingerprint density at radius 2 is 1.46 bits per heavy atom. The molecule has 136 valence electrons. The van der Waals surface area contributed by atoms with Crippen LogP contribution in [0, 0.1) is 5.92 Å². The van der Waals surface area contributed by atoms with Gasteiger partial charge in [0, 0.05) is 6.61 Å². The summed E-state index contributed by atoms with van der Waals surface area (Å²) in [6.07, 6.45) is 10.5. The minimum Gasteiger partial charge on any atom is -0.479 e. The van der Waals surface area contributed by atoms with Crippen molar-refractivity contribution in [2.45, 2.75) is 77.7 Å². The molecule has 1 atom stereocenters. The van der Waals surface area contributed by atoms with Gasteiger partial charge in [-0.25, -0.2) is 4.79 Å². The fourth-order valence-corrected chi connectivity index (χ4v) is 2.85. The van der Waals surface area contributed by atoms with Crippen LogP contribution in [-0.4, -0.2) is 17.7 Å². The molecule has 1 rings (SSSR count). The highest BCUT2D eigenvalue weighted by atomic mass is 16.5. The van der Waals surface area contributed by atoms with Crippen LogP contribution >= 0.6 is 0 Å². The Hall–Kier alpha value is -1.35. The van der Waals surface area contributed by atoms with E-state index in [9.17, 15) is 9.90 Å². The number of carboxylic acid groups (broad SMARTS) is 1. The van der Waals surface area contributed by atoms with Crippen molar-refractivity contribution in [1.29, 1.82) is 0 Å². The van der Waals surface area contributed by atoms with Gasteiger partial charge in [0.2, 0.25) is 0 Å². The molecule has 0 aliphatic heterocycles. The Kier molecular flexibility index (Phi) is 11.2. The molecule has 0 fully saturated rings. The molecule has 0 aliphatic carbocycles. The average Bonchev–Trinajstić information content (AvgIpc) is 2.56. The summed E-state index contributed by atoms with van der Waals surface area (Å²) in [5.74, 6) is -0.0851. The summed E-state index contributed by atoms with van der Waals surface area (Å²) in [6, 6.07) is 9.17. The van der Waals surface area contributed by atoms with E-state index >= 15 is 0 Å². The number of benzene rings is 1. The number of carboxylic acids is 1. The van der Waals surface area contributed by atoms with Crippen LogP contribution in [0.3, 0.4) is 0 Å². The molecule has 0 amide bonds. The number of ether oxygens (including phenoxy) is 1. The zero-order chi connectivity index (χ0) is 17.6. The maximum atomic E-state index is 11.3. The molecule has 0 heterocycles. The monoisotopic (exact) mass is 334 g/mol. The van der Waals surface area contributed by atoms with Crippen LogP contribution in [0.25, 0.3) is 0 Å². The fraction of sp³-hybridized carbons (Fsp3) is 0.667. The lowest BCUT2D eigenvalue weighted by Crippen LogP contribution is -2.16. The zero-order valence-corrected chi connectivity index (χ0v) is 15.4. The standard InChI is InChI=1S/C21H34O3/c1-18(2)14-10-7-5-3-4-6-8-13-17-24-20(21(22)23)19-15-11-9-12-16-19/h9,11-12,15-16,18,20H,3-8,10,13-14,17H2,1-2H3,(H,22,23). The first-order valence-electron chi connectivity index (χ1n) is 9.50. The topological polar surface area (TPSA) is 46.5 Å². The summed E-state index contributed by atoms with van der Waals surface area (Å²) < 4.78 is 5.57. The second kappa shape index (κ2) is 13.0. The normalized spacial score (nSPS) is 12.5. The maximum absolute atomic E-state index is 11.3. The average molecular weight is 334 g/mol. The van der Waals surface area contributed by atoms with Crippen LogP contribution < -0.4 is 0 Å². The van der Waals surface area contributed by atoms with E-state index in [1.165, 1.54) is 44.9 Å². The van der Waals surface area contributed by atoms with Crippen molar-refractivity contribution in [3.8, 4) is 0 Å². The van der Waals surface area contributed by atoms with E-state index in [2.05, 4.69) is 13.8 Å². The first kappa shape index (κ1) is 20.7. The SMILES string of the molecule is CC(C)CCCCCCCCCCOC(C(=O)O)c1ccccc1. The van der Waals surface area contributed by atoms with E-state index in [0.717, 1.165) is 18.8 Å². The van der Waals surface area contributed by atoms with E-state index in [0.29, 0.717) is 12.2 Å². The predicted octanol–water partition coefficient (Wildman–Crippen LogP) is 6.00. The quantitative estimate of drug-likeness (QED) is 0.425. The number of unbranched alkanes of at least 4 members (excludes halogenated alkanes) is 7. The van der Waals surface area contributed by atoms with Crippen LogP contribution in [0.2, 0.25) is 0 Å². The highest BCUT2D eigenvalue weighted by molar-refractivity contribution is 5.74. The third-order valence-corrected chi connectivity index (χ3v) is 4.29. The van der Waals surface area contributed by atoms with Gasteiger partial charge in [0.15, 0.2) is 6.10 Å². The van der Waals surface area contributed by atoms with Crippen molar-refractivity contribution in [2.75, 3.05) is 6.61 Å². The van der Waals surface area contributed by atoms with Crippen LogP contribution in [0.5, 0.6) is 0 Å². The van der Waals surface area contributed by atoms with E-state index in [4.69, 9.17) is 4.74 Å². The Morgan fingerprint density at radius 3 is 2.00 bits per heavy atom. The van der Waals surface area contributed by atoms with Gasteiger partial charge in [0.05, 0.1) is 0 Å². The van der Waals surface area contributed by atoms with Gasteiger partial charge in [-0.3, -0.25) is 0 Å². The molecule has 0 aliphatic rings.